The van der Waals surface area contributed by atoms with Crippen LogP contribution in [0.2, 0.25) is 0 Å². The monoisotopic (exact) mass is 186 g/mol. The van der Waals surface area contributed by atoms with E-state index in [0.29, 0.717) is 18.7 Å². The number of rotatable bonds is 4. The maximum Gasteiger partial charge on any atom is 0.226 e. The van der Waals surface area contributed by atoms with Crippen molar-refractivity contribution in [2.75, 3.05) is 13.2 Å². The SMILES string of the molecule is NN=c1n(CCO)ccn1CCO. The molecule has 0 saturated heterocycles. The summed E-state index contributed by atoms with van der Waals surface area (Å²) in [6, 6.07) is 0. The zero-order valence-corrected chi connectivity index (χ0v) is 7.30. The fourth-order valence-corrected chi connectivity index (χ4v) is 1.17. The summed E-state index contributed by atoms with van der Waals surface area (Å²) in [6.07, 6.45) is 3.52. The summed E-state index contributed by atoms with van der Waals surface area (Å²) in [5, 5.41) is 21.0. The van der Waals surface area contributed by atoms with E-state index in [9.17, 15) is 0 Å². The van der Waals surface area contributed by atoms with Gasteiger partial charge in [-0.15, -0.1) is 5.10 Å². The molecule has 0 unspecified atom stereocenters. The Balaban J connectivity index is 2.97. The molecule has 0 aliphatic carbocycles. The van der Waals surface area contributed by atoms with Crippen LogP contribution in [0.5, 0.6) is 0 Å². The molecule has 0 atom stereocenters. The van der Waals surface area contributed by atoms with Crippen molar-refractivity contribution in [1.82, 2.24) is 9.13 Å². The lowest BCUT2D eigenvalue weighted by Gasteiger charge is -2.01. The molecule has 1 rings (SSSR count). The molecule has 4 N–H and O–H groups in total. The van der Waals surface area contributed by atoms with Crippen molar-refractivity contribution in [3.05, 3.63) is 18.0 Å². The first-order chi connectivity index (χ1) is 6.33. The first-order valence-electron chi connectivity index (χ1n) is 4.04. The third kappa shape index (κ3) is 2.10. The first-order valence-corrected chi connectivity index (χ1v) is 4.04. The van der Waals surface area contributed by atoms with Crippen molar-refractivity contribution in [2.24, 2.45) is 10.9 Å². The van der Waals surface area contributed by atoms with Gasteiger partial charge in [0.25, 0.3) is 0 Å². The van der Waals surface area contributed by atoms with Crippen LogP contribution in [0, 0.1) is 0 Å². The third-order valence-corrected chi connectivity index (χ3v) is 1.74. The minimum atomic E-state index is 0.0380. The topological polar surface area (TPSA) is 88.7 Å². The van der Waals surface area contributed by atoms with Gasteiger partial charge < -0.3 is 25.2 Å². The smallest absolute Gasteiger partial charge is 0.226 e. The number of hydrogen-bond acceptors (Lipinski definition) is 4. The lowest BCUT2D eigenvalue weighted by atomic mass is 10.6. The molecule has 1 heterocycles. The molecule has 13 heavy (non-hydrogen) atoms. The second-order valence-corrected chi connectivity index (χ2v) is 2.56. The Labute approximate surface area is 75.5 Å². The van der Waals surface area contributed by atoms with Crippen LogP contribution >= 0.6 is 0 Å². The lowest BCUT2D eigenvalue weighted by Crippen LogP contribution is -2.29. The lowest BCUT2D eigenvalue weighted by molar-refractivity contribution is 0.265. The van der Waals surface area contributed by atoms with Crippen molar-refractivity contribution in [2.45, 2.75) is 13.1 Å². The van der Waals surface area contributed by atoms with Crippen molar-refractivity contribution >= 4 is 0 Å². The van der Waals surface area contributed by atoms with Crippen LogP contribution < -0.4 is 11.5 Å². The van der Waals surface area contributed by atoms with Crippen molar-refractivity contribution in [3.63, 3.8) is 0 Å². The van der Waals surface area contributed by atoms with Gasteiger partial charge in [0.2, 0.25) is 5.62 Å². The molecule has 0 fully saturated rings. The second-order valence-electron chi connectivity index (χ2n) is 2.56. The van der Waals surface area contributed by atoms with Crippen LogP contribution in [0.15, 0.2) is 17.5 Å². The van der Waals surface area contributed by atoms with E-state index in [1.54, 1.807) is 21.5 Å². The normalized spacial score (nSPS) is 10.3. The van der Waals surface area contributed by atoms with Gasteiger partial charge in [-0.1, -0.05) is 0 Å². The van der Waals surface area contributed by atoms with Crippen molar-refractivity contribution in [3.8, 4) is 0 Å². The van der Waals surface area contributed by atoms with E-state index in [2.05, 4.69) is 5.10 Å². The maximum atomic E-state index is 8.72. The molecule has 1 aromatic heterocycles. The fraction of sp³-hybridized carbons (Fsp3) is 0.571. The quantitative estimate of drug-likeness (QED) is 0.377. The number of imidazole rings is 1. The molecule has 6 heteroatoms. The Hall–Kier alpha value is -1.27. The molecule has 0 aliphatic heterocycles. The van der Waals surface area contributed by atoms with Crippen LogP contribution in [0.1, 0.15) is 0 Å². The van der Waals surface area contributed by atoms with Crippen molar-refractivity contribution < 1.29 is 10.2 Å². The standard InChI is InChI=1S/C7H14N4O2/c8-9-7-10(3-5-12)1-2-11(7)4-6-13/h1-2,12-13H,3-6,8H2. The van der Waals surface area contributed by atoms with E-state index in [1.807, 2.05) is 0 Å². The number of hydrogen-bond donors (Lipinski definition) is 3. The fourth-order valence-electron chi connectivity index (χ4n) is 1.17. The molecule has 0 aliphatic rings. The highest BCUT2D eigenvalue weighted by Crippen LogP contribution is 1.84. The Kier molecular flexibility index (Phi) is 3.53. The van der Waals surface area contributed by atoms with Gasteiger partial charge in [-0.3, -0.25) is 0 Å². The Morgan fingerprint density at radius 3 is 1.92 bits per heavy atom. The largest absolute Gasteiger partial charge is 0.395 e. The average molecular weight is 186 g/mol. The number of aliphatic hydroxyl groups excluding tert-OH is 2. The van der Waals surface area contributed by atoms with E-state index in [-0.39, 0.29) is 13.2 Å². The summed E-state index contributed by atoms with van der Waals surface area (Å²) in [5.41, 5.74) is 0.545. The second kappa shape index (κ2) is 4.68. The van der Waals surface area contributed by atoms with Gasteiger partial charge >= 0.3 is 0 Å². The summed E-state index contributed by atoms with van der Waals surface area (Å²) in [5.74, 6) is 5.18. The van der Waals surface area contributed by atoms with Crippen LogP contribution in [0.4, 0.5) is 0 Å². The van der Waals surface area contributed by atoms with Gasteiger partial charge in [0, 0.05) is 25.5 Å². The van der Waals surface area contributed by atoms with Gasteiger partial charge in [-0.25, -0.2) is 0 Å². The number of nitrogens with two attached hydrogens (primary N) is 1. The molecule has 6 nitrogen and oxygen atoms in total. The van der Waals surface area contributed by atoms with E-state index < -0.39 is 0 Å². The summed E-state index contributed by atoms with van der Waals surface area (Å²) in [6.45, 7) is 0.982. The first kappa shape index (κ1) is 9.82. The molecule has 74 valence electrons. The van der Waals surface area contributed by atoms with Crippen LogP contribution in [-0.2, 0) is 13.1 Å². The highest BCUT2D eigenvalue weighted by Gasteiger charge is 1.99. The molecular weight excluding hydrogens is 172 g/mol. The van der Waals surface area contributed by atoms with E-state index in [1.165, 1.54) is 0 Å². The molecular formula is C7H14N4O2. The number of nitrogens with zero attached hydrogens (tertiary/aromatic N) is 3. The summed E-state index contributed by atoms with van der Waals surface area (Å²) < 4.78 is 3.44. The molecule has 1 aromatic rings. The summed E-state index contributed by atoms with van der Waals surface area (Å²) >= 11 is 0. The predicted molar refractivity (Wildman–Crippen MR) is 46.3 cm³/mol. The van der Waals surface area contributed by atoms with Crippen LogP contribution in [0.3, 0.4) is 0 Å². The zero-order valence-electron chi connectivity index (χ0n) is 7.30. The average Bonchev–Trinajstić information content (AvgIpc) is 2.49. The van der Waals surface area contributed by atoms with Gasteiger partial charge in [-0.05, 0) is 0 Å². The van der Waals surface area contributed by atoms with Crippen LogP contribution in [0.25, 0.3) is 0 Å². The highest BCUT2D eigenvalue weighted by molar-refractivity contribution is 4.80. The Morgan fingerprint density at radius 1 is 1.15 bits per heavy atom. The molecule has 0 spiro atoms. The predicted octanol–water partition coefficient (Wildman–Crippen LogP) is -1.95. The van der Waals surface area contributed by atoms with Gasteiger partial charge in [0.1, 0.15) is 0 Å². The van der Waals surface area contributed by atoms with E-state index in [4.69, 9.17) is 16.1 Å². The molecule has 0 bridgehead atoms. The van der Waals surface area contributed by atoms with E-state index in [0.717, 1.165) is 0 Å². The third-order valence-electron chi connectivity index (χ3n) is 1.74. The van der Waals surface area contributed by atoms with Gasteiger partial charge in [0.05, 0.1) is 13.2 Å². The number of aromatic nitrogens is 2. The maximum absolute atomic E-state index is 8.72. The number of aliphatic hydroxyl groups is 2. The Bertz CT molecular complexity index is 288. The molecule has 0 saturated carbocycles. The molecule has 0 amide bonds. The summed E-state index contributed by atoms with van der Waals surface area (Å²) in [4.78, 5) is 0. The minimum absolute atomic E-state index is 0.0380. The summed E-state index contributed by atoms with van der Waals surface area (Å²) in [7, 11) is 0. The molecule has 0 aromatic carbocycles. The Morgan fingerprint density at radius 2 is 1.62 bits per heavy atom. The van der Waals surface area contributed by atoms with E-state index >= 15 is 0 Å². The van der Waals surface area contributed by atoms with Gasteiger partial charge in [-0.2, -0.15) is 0 Å². The highest BCUT2D eigenvalue weighted by atomic mass is 16.3. The molecule has 0 radical (unpaired) electrons. The van der Waals surface area contributed by atoms with Crippen LogP contribution in [-0.4, -0.2) is 32.6 Å². The van der Waals surface area contributed by atoms with Gasteiger partial charge in [0.15, 0.2) is 0 Å². The minimum Gasteiger partial charge on any atom is -0.395 e. The zero-order chi connectivity index (χ0) is 9.68. The van der Waals surface area contributed by atoms with Crippen molar-refractivity contribution in [1.29, 1.82) is 0 Å².